The number of hydrogen-bond donors (Lipinski definition) is 1. The van der Waals surface area contributed by atoms with Crippen LogP contribution in [-0.4, -0.2) is 30.6 Å². The van der Waals surface area contributed by atoms with E-state index in [1.807, 2.05) is 41.5 Å². The van der Waals surface area contributed by atoms with Crippen LogP contribution in [0.3, 0.4) is 0 Å². The van der Waals surface area contributed by atoms with Gasteiger partial charge < -0.3 is 10.6 Å². The van der Waals surface area contributed by atoms with Crippen LogP contribution in [0.1, 0.15) is 51.9 Å². The van der Waals surface area contributed by atoms with E-state index in [1.165, 1.54) is 6.07 Å². The van der Waals surface area contributed by atoms with Gasteiger partial charge in [0.1, 0.15) is 5.75 Å². The first-order valence-corrected chi connectivity index (χ1v) is 10.1. The number of carbonyl (C=O) groups is 1. The Morgan fingerprint density at radius 3 is 1.75 bits per heavy atom. The number of aromatic hydroxyl groups is 1. The average molecular weight is 364 g/mol. The molecule has 0 saturated carbocycles. The fraction of sp³-hybridized carbons (Fsp3) is 0.588. The molecule has 1 aromatic carbocycles. The second-order valence-electron chi connectivity index (χ2n) is 6.92. The van der Waals surface area contributed by atoms with E-state index in [4.69, 9.17) is 0 Å². The number of ketones is 1. The highest BCUT2D eigenvalue weighted by atomic mass is 28.3. The number of phenols is 1. The highest BCUT2D eigenvalue weighted by Gasteiger charge is 2.50. The highest BCUT2D eigenvalue weighted by Crippen LogP contribution is 2.43. The minimum Gasteiger partial charge on any atom is -0.507 e. The van der Waals surface area contributed by atoms with Crippen molar-refractivity contribution in [2.45, 2.75) is 64.3 Å². The number of benzene rings is 1. The van der Waals surface area contributed by atoms with Crippen molar-refractivity contribution in [3.05, 3.63) is 23.8 Å². The molecule has 0 saturated heterocycles. The first kappa shape index (κ1) is 22.7. The van der Waals surface area contributed by atoms with Gasteiger partial charge in [-0.2, -0.15) is 13.2 Å². The third-order valence-corrected chi connectivity index (χ3v) is 11.9. The van der Waals surface area contributed by atoms with Crippen LogP contribution in [-0.2, 0) is 0 Å². The van der Waals surface area contributed by atoms with Gasteiger partial charge in [-0.3, -0.25) is 4.79 Å². The predicted octanol–water partition coefficient (Wildman–Crippen LogP) is 4.20. The van der Waals surface area contributed by atoms with Gasteiger partial charge in [0.15, 0.2) is 0 Å². The number of hydrogen-bond acceptors (Lipinski definition) is 2. The van der Waals surface area contributed by atoms with Crippen molar-refractivity contribution < 1.29 is 28.5 Å². The lowest BCUT2D eigenvalue weighted by Crippen LogP contribution is -2.57. The molecule has 24 heavy (non-hydrogen) atoms. The maximum absolute atomic E-state index is 13.0. The van der Waals surface area contributed by atoms with Crippen LogP contribution in [0.2, 0.25) is 16.6 Å². The van der Waals surface area contributed by atoms with E-state index in [0.717, 1.165) is 6.07 Å². The van der Waals surface area contributed by atoms with Crippen LogP contribution in [0.25, 0.3) is 0 Å². The van der Waals surface area contributed by atoms with Crippen molar-refractivity contribution in [3.63, 3.8) is 0 Å². The zero-order valence-corrected chi connectivity index (χ0v) is 16.0. The maximum Gasteiger partial charge on any atom is 0.455 e. The fourth-order valence-electron chi connectivity index (χ4n) is 4.21. The summed E-state index contributed by atoms with van der Waals surface area (Å²) >= 11 is 0. The molecule has 0 atom stereocenters. The summed E-state index contributed by atoms with van der Waals surface area (Å²) in [6.07, 6.45) is -5.00. The monoisotopic (exact) mass is 364 g/mol. The summed E-state index contributed by atoms with van der Waals surface area (Å²) in [5.74, 6) is -2.53. The van der Waals surface area contributed by atoms with E-state index in [1.54, 1.807) is 6.07 Å². The number of rotatable bonds is 5. The Bertz CT molecular complexity index is 559. The van der Waals surface area contributed by atoms with Crippen LogP contribution >= 0.6 is 0 Å². The van der Waals surface area contributed by atoms with Crippen molar-refractivity contribution in [1.82, 2.24) is 0 Å². The molecule has 3 N–H and O–H groups in total. The molecule has 0 heterocycles. The zero-order valence-electron chi connectivity index (χ0n) is 15.0. The van der Waals surface area contributed by atoms with Gasteiger partial charge in [-0.1, -0.05) is 53.7 Å². The Morgan fingerprint density at radius 1 is 1.00 bits per heavy atom. The van der Waals surface area contributed by atoms with E-state index in [-0.39, 0.29) is 22.1 Å². The Balaban J connectivity index is 0.00000529. The topological polar surface area (TPSA) is 68.8 Å². The molecule has 0 bridgehead atoms. The number of carbonyl (C=O) groups excluding carboxylic acids is 1. The normalized spacial score (nSPS) is 12.7. The number of alkyl halides is 3. The summed E-state index contributed by atoms with van der Waals surface area (Å²) in [5, 5.41) is 10.5. The van der Waals surface area contributed by atoms with Gasteiger partial charge in [0.05, 0.1) is 13.6 Å². The maximum atomic E-state index is 13.0. The first-order valence-electron chi connectivity index (χ1n) is 7.82. The van der Waals surface area contributed by atoms with E-state index < -0.39 is 31.3 Å². The Morgan fingerprint density at radius 2 is 1.42 bits per heavy atom. The van der Waals surface area contributed by atoms with Gasteiger partial charge in [-0.15, -0.1) is 0 Å². The molecule has 7 heteroatoms. The van der Waals surface area contributed by atoms with Crippen molar-refractivity contribution in [2.75, 3.05) is 0 Å². The largest absolute Gasteiger partial charge is 0.507 e. The molecule has 1 aromatic rings. The average Bonchev–Trinajstić information content (AvgIpc) is 2.36. The van der Waals surface area contributed by atoms with Crippen molar-refractivity contribution >= 4 is 19.0 Å². The lowest BCUT2D eigenvalue weighted by atomic mass is 10.1. The van der Waals surface area contributed by atoms with Crippen LogP contribution in [0, 0.1) is 0 Å². The Kier molecular flexibility index (Phi) is 7.26. The van der Waals surface area contributed by atoms with Gasteiger partial charge in [0, 0.05) is 0 Å². The summed E-state index contributed by atoms with van der Waals surface area (Å²) in [4.78, 5) is 12.0. The SMILES string of the molecule is CC(C)[Si](c1cccc(O)c1C(=O)C(F)(F)F)(C(C)C)C(C)C.O. The molecule has 0 aliphatic rings. The summed E-state index contributed by atoms with van der Waals surface area (Å²) in [6.45, 7) is 12.0. The van der Waals surface area contributed by atoms with Crippen molar-refractivity contribution in [1.29, 1.82) is 0 Å². The van der Waals surface area contributed by atoms with Crippen LogP contribution in [0.5, 0.6) is 5.75 Å². The molecular weight excluding hydrogens is 337 g/mol. The Hall–Kier alpha value is -1.34. The van der Waals surface area contributed by atoms with Gasteiger partial charge in [-0.25, -0.2) is 0 Å². The second kappa shape index (κ2) is 7.69. The third-order valence-electron chi connectivity index (χ3n) is 4.86. The molecule has 0 spiro atoms. The standard InChI is InChI=1S/C17H25F3O2Si.H2O/c1-10(2)23(11(3)4,12(5)6)14-9-7-8-13(21)15(14)16(22)17(18,19)20;/h7-12,21H,1-6H3;1H2. The third kappa shape index (κ3) is 3.67. The Labute approximate surface area is 142 Å². The quantitative estimate of drug-likeness (QED) is 0.628. The number of Topliss-reactive ketones (excluding diaryl/α,β-unsaturated/α-hetero) is 1. The lowest BCUT2D eigenvalue weighted by Gasteiger charge is -2.44. The number of phenolic OH excluding ortho intramolecular Hbond substituents is 1. The van der Waals surface area contributed by atoms with Gasteiger partial charge in [0.2, 0.25) is 0 Å². The van der Waals surface area contributed by atoms with Crippen LogP contribution in [0.4, 0.5) is 13.2 Å². The van der Waals surface area contributed by atoms with Crippen molar-refractivity contribution in [3.8, 4) is 5.75 Å². The number of halogens is 3. The van der Waals surface area contributed by atoms with E-state index in [9.17, 15) is 23.1 Å². The summed E-state index contributed by atoms with van der Waals surface area (Å²) in [6, 6.07) is 4.29. The summed E-state index contributed by atoms with van der Waals surface area (Å²) in [5.41, 5.74) is -0.167. The fourth-order valence-corrected chi connectivity index (χ4v) is 11.1. The molecule has 0 aliphatic heterocycles. The molecule has 0 aliphatic carbocycles. The molecule has 0 aromatic heterocycles. The van der Waals surface area contributed by atoms with E-state index in [2.05, 4.69) is 0 Å². The predicted molar refractivity (Wildman–Crippen MR) is 92.8 cm³/mol. The smallest absolute Gasteiger partial charge is 0.455 e. The molecular formula is C17H27F3O3Si. The zero-order chi connectivity index (χ0) is 18.2. The highest BCUT2D eigenvalue weighted by molar-refractivity contribution is 6.95. The summed E-state index contributed by atoms with van der Waals surface area (Å²) in [7, 11) is -2.50. The van der Waals surface area contributed by atoms with Crippen LogP contribution in [0.15, 0.2) is 18.2 Å². The molecule has 0 amide bonds. The molecule has 138 valence electrons. The first-order chi connectivity index (χ1) is 10.4. The molecule has 3 nitrogen and oxygen atoms in total. The molecule has 0 radical (unpaired) electrons. The van der Waals surface area contributed by atoms with Crippen molar-refractivity contribution in [2.24, 2.45) is 0 Å². The minimum absolute atomic E-state index is 0. The lowest BCUT2D eigenvalue weighted by molar-refractivity contribution is -0.0885. The van der Waals surface area contributed by atoms with Gasteiger partial charge in [-0.05, 0) is 27.9 Å². The molecule has 0 unspecified atom stereocenters. The van der Waals surface area contributed by atoms with E-state index >= 15 is 0 Å². The van der Waals surface area contributed by atoms with Crippen LogP contribution < -0.4 is 5.19 Å². The molecule has 0 fully saturated rings. The second-order valence-corrected chi connectivity index (χ2v) is 12.8. The summed E-state index contributed by atoms with van der Waals surface area (Å²) < 4.78 is 39.1. The van der Waals surface area contributed by atoms with Gasteiger partial charge in [0.25, 0.3) is 5.78 Å². The van der Waals surface area contributed by atoms with E-state index in [0.29, 0.717) is 5.19 Å². The molecule has 1 rings (SSSR count). The minimum atomic E-state index is -5.00. The van der Waals surface area contributed by atoms with Gasteiger partial charge >= 0.3 is 6.18 Å².